The maximum atomic E-state index is 11.3. The molecule has 0 radical (unpaired) electrons. The average Bonchev–Trinajstić information content (AvgIpc) is 3.00. The molecule has 1 aliphatic rings. The first kappa shape index (κ1) is 17.4. The number of nitrogens with one attached hydrogen (secondary N) is 1. The van der Waals surface area contributed by atoms with Crippen LogP contribution in [0, 0.1) is 0 Å². The highest BCUT2D eigenvalue weighted by Crippen LogP contribution is 2.38. The summed E-state index contributed by atoms with van der Waals surface area (Å²) < 4.78 is 22.6. The van der Waals surface area contributed by atoms with E-state index in [9.17, 15) is 8.42 Å². The average molecular weight is 388 g/mol. The molecule has 1 N–H and O–H groups in total. The number of hydrogen-bond donors (Lipinski definition) is 1. The molecule has 0 amide bonds. The van der Waals surface area contributed by atoms with E-state index in [0.29, 0.717) is 6.42 Å². The fourth-order valence-electron chi connectivity index (χ4n) is 3.38. The van der Waals surface area contributed by atoms with Gasteiger partial charge >= 0.3 is 0 Å². The Morgan fingerprint density at radius 1 is 1.12 bits per heavy atom. The third kappa shape index (κ3) is 3.73. The van der Waals surface area contributed by atoms with E-state index < -0.39 is 9.84 Å². The topological polar surface area (TPSA) is 72.0 Å². The second-order valence-corrected chi connectivity index (χ2v) is 10.2. The van der Waals surface area contributed by atoms with Gasteiger partial charge in [0.1, 0.15) is 26.8 Å². The molecule has 136 valence electrons. The smallest absolute Gasteiger partial charge is 0.147 e. The number of hydrogen-bond acceptors (Lipinski definition) is 6. The molecular formula is C19H21N3O2S2. The lowest BCUT2D eigenvalue weighted by Crippen LogP contribution is -2.05. The molecule has 0 aliphatic heterocycles. The van der Waals surface area contributed by atoms with Crippen LogP contribution in [-0.4, -0.2) is 30.4 Å². The molecule has 0 saturated heterocycles. The van der Waals surface area contributed by atoms with Gasteiger partial charge in [-0.2, -0.15) is 0 Å². The summed E-state index contributed by atoms with van der Waals surface area (Å²) in [6, 6.07) is 7.89. The summed E-state index contributed by atoms with van der Waals surface area (Å²) >= 11 is 1.79. The fraction of sp³-hybridized carbons (Fsp3) is 0.368. The molecule has 4 rings (SSSR count). The highest BCUT2D eigenvalue weighted by atomic mass is 32.2. The van der Waals surface area contributed by atoms with E-state index in [4.69, 9.17) is 0 Å². The van der Waals surface area contributed by atoms with Gasteiger partial charge < -0.3 is 5.32 Å². The number of anilines is 2. The predicted octanol–water partition coefficient (Wildman–Crippen LogP) is 3.90. The van der Waals surface area contributed by atoms with Crippen LogP contribution in [0.5, 0.6) is 0 Å². The third-order valence-electron chi connectivity index (χ3n) is 4.73. The molecule has 2 heterocycles. The number of nitrogens with zero attached hydrogens (tertiary/aromatic N) is 2. The quantitative estimate of drug-likeness (QED) is 0.719. The van der Waals surface area contributed by atoms with Crippen molar-refractivity contribution in [2.45, 2.75) is 32.1 Å². The predicted molar refractivity (Wildman–Crippen MR) is 107 cm³/mol. The first-order valence-electron chi connectivity index (χ1n) is 8.78. The summed E-state index contributed by atoms with van der Waals surface area (Å²) in [5.41, 5.74) is 3.37. The van der Waals surface area contributed by atoms with Crippen molar-refractivity contribution in [1.29, 1.82) is 0 Å². The number of aryl methyl sites for hydroxylation is 3. The first-order valence-corrected chi connectivity index (χ1v) is 11.7. The lowest BCUT2D eigenvalue weighted by molar-refractivity contribution is 0.601. The summed E-state index contributed by atoms with van der Waals surface area (Å²) in [5.74, 6) is 1.03. The number of rotatable bonds is 5. The number of thiophene rings is 1. The van der Waals surface area contributed by atoms with Gasteiger partial charge in [-0.1, -0.05) is 12.1 Å². The van der Waals surface area contributed by atoms with Crippen molar-refractivity contribution in [1.82, 2.24) is 9.97 Å². The van der Waals surface area contributed by atoms with E-state index in [1.165, 1.54) is 29.5 Å². The third-order valence-corrected chi connectivity index (χ3v) is 6.88. The Balaban J connectivity index is 1.58. The van der Waals surface area contributed by atoms with Gasteiger partial charge in [-0.15, -0.1) is 11.3 Å². The van der Waals surface area contributed by atoms with E-state index in [2.05, 4.69) is 15.3 Å². The van der Waals surface area contributed by atoms with Crippen LogP contribution in [0.25, 0.3) is 10.2 Å². The normalized spacial score (nSPS) is 14.3. The summed E-state index contributed by atoms with van der Waals surface area (Å²) in [5, 5.41) is 4.58. The van der Waals surface area contributed by atoms with Crippen molar-refractivity contribution in [3.05, 3.63) is 46.6 Å². The fourth-order valence-corrected chi connectivity index (χ4v) is 5.22. The first-order chi connectivity index (χ1) is 12.5. The zero-order chi connectivity index (χ0) is 18.1. The van der Waals surface area contributed by atoms with E-state index in [-0.39, 0.29) is 5.75 Å². The number of aromatic nitrogens is 2. The minimum atomic E-state index is -2.94. The van der Waals surface area contributed by atoms with Crippen LogP contribution in [0.3, 0.4) is 0 Å². The van der Waals surface area contributed by atoms with Crippen molar-refractivity contribution < 1.29 is 8.42 Å². The molecule has 0 fully saturated rings. The van der Waals surface area contributed by atoms with Crippen LogP contribution < -0.4 is 5.32 Å². The molecule has 1 aromatic carbocycles. The van der Waals surface area contributed by atoms with Gasteiger partial charge in [0.15, 0.2) is 0 Å². The molecule has 0 bridgehead atoms. The van der Waals surface area contributed by atoms with Gasteiger partial charge in [0.25, 0.3) is 0 Å². The summed E-state index contributed by atoms with van der Waals surface area (Å²) in [4.78, 5) is 11.4. The van der Waals surface area contributed by atoms with Gasteiger partial charge in [0, 0.05) is 16.8 Å². The monoisotopic (exact) mass is 387 g/mol. The van der Waals surface area contributed by atoms with Crippen LogP contribution in [0.1, 0.15) is 28.8 Å². The lowest BCUT2D eigenvalue weighted by atomic mass is 9.97. The van der Waals surface area contributed by atoms with Gasteiger partial charge in [-0.25, -0.2) is 18.4 Å². The Kier molecular flexibility index (Phi) is 4.67. The number of sulfone groups is 1. The van der Waals surface area contributed by atoms with Crippen LogP contribution in [0.4, 0.5) is 11.5 Å². The molecular weight excluding hydrogens is 366 g/mol. The molecule has 0 saturated carbocycles. The zero-order valence-corrected chi connectivity index (χ0v) is 16.3. The van der Waals surface area contributed by atoms with Crippen molar-refractivity contribution in [3.8, 4) is 0 Å². The maximum Gasteiger partial charge on any atom is 0.147 e. The van der Waals surface area contributed by atoms with Crippen LogP contribution >= 0.6 is 11.3 Å². The van der Waals surface area contributed by atoms with Crippen molar-refractivity contribution in [2.24, 2.45) is 0 Å². The molecule has 26 heavy (non-hydrogen) atoms. The molecule has 7 heteroatoms. The number of benzene rings is 1. The van der Waals surface area contributed by atoms with Crippen molar-refractivity contribution in [2.75, 3.05) is 17.3 Å². The zero-order valence-electron chi connectivity index (χ0n) is 14.7. The Morgan fingerprint density at radius 2 is 1.88 bits per heavy atom. The Labute approximate surface area is 157 Å². The number of fused-ring (bicyclic) bond motifs is 3. The molecule has 5 nitrogen and oxygen atoms in total. The molecule has 3 aromatic rings. The highest BCUT2D eigenvalue weighted by Gasteiger charge is 2.19. The van der Waals surface area contributed by atoms with E-state index in [1.807, 2.05) is 24.3 Å². The van der Waals surface area contributed by atoms with Gasteiger partial charge in [-0.05, 0) is 55.4 Å². The van der Waals surface area contributed by atoms with E-state index in [0.717, 1.165) is 40.1 Å². The highest BCUT2D eigenvalue weighted by molar-refractivity contribution is 7.90. The van der Waals surface area contributed by atoms with Crippen LogP contribution in [-0.2, 0) is 29.1 Å². The Morgan fingerprint density at radius 3 is 2.65 bits per heavy atom. The van der Waals surface area contributed by atoms with Crippen molar-refractivity contribution >= 4 is 42.9 Å². The van der Waals surface area contributed by atoms with Crippen LogP contribution in [0.15, 0.2) is 30.6 Å². The van der Waals surface area contributed by atoms with E-state index >= 15 is 0 Å². The molecule has 1 aliphatic carbocycles. The van der Waals surface area contributed by atoms with Gasteiger partial charge in [0.2, 0.25) is 0 Å². The summed E-state index contributed by atoms with van der Waals surface area (Å²) in [7, 11) is -2.94. The molecule has 0 unspecified atom stereocenters. The van der Waals surface area contributed by atoms with E-state index in [1.54, 1.807) is 17.7 Å². The lowest BCUT2D eigenvalue weighted by Gasteiger charge is -2.12. The second-order valence-electron chi connectivity index (χ2n) is 6.82. The van der Waals surface area contributed by atoms with Gasteiger partial charge in [0.05, 0.1) is 11.1 Å². The molecule has 0 spiro atoms. The second kappa shape index (κ2) is 6.96. The van der Waals surface area contributed by atoms with Crippen LogP contribution in [0.2, 0.25) is 0 Å². The Hall–Kier alpha value is -1.99. The molecule has 0 atom stereocenters. The SMILES string of the molecule is CS(=O)(=O)CCc1ccc(Nc2ncnc3sc4c(c23)CCCC4)cc1. The summed E-state index contributed by atoms with van der Waals surface area (Å²) in [6.07, 6.45) is 8.15. The maximum absolute atomic E-state index is 11.3. The van der Waals surface area contributed by atoms with Gasteiger partial charge in [-0.3, -0.25) is 0 Å². The largest absolute Gasteiger partial charge is 0.340 e. The summed E-state index contributed by atoms with van der Waals surface area (Å²) in [6.45, 7) is 0. The Bertz CT molecular complexity index is 1040. The van der Waals surface area contributed by atoms with Crippen molar-refractivity contribution in [3.63, 3.8) is 0 Å². The standard InChI is InChI=1S/C19H21N3O2S2/c1-26(23,24)11-10-13-6-8-14(9-7-13)22-18-17-15-4-2-3-5-16(15)25-19(17)21-12-20-18/h6-9,12H,2-5,10-11H2,1H3,(H,20,21,22). The molecule has 2 aromatic heterocycles. The minimum absolute atomic E-state index is 0.174. The minimum Gasteiger partial charge on any atom is -0.340 e.